The van der Waals surface area contributed by atoms with Crippen molar-refractivity contribution in [3.63, 3.8) is 0 Å². The van der Waals surface area contributed by atoms with E-state index in [4.69, 9.17) is 9.47 Å². The molecule has 2 aromatic carbocycles. The van der Waals surface area contributed by atoms with Crippen LogP contribution in [0.3, 0.4) is 0 Å². The number of anilines is 2. The zero-order valence-electron chi connectivity index (χ0n) is 18.6. The van der Waals surface area contributed by atoms with Crippen LogP contribution in [0.4, 0.5) is 11.5 Å². The van der Waals surface area contributed by atoms with Gasteiger partial charge in [0.05, 0.1) is 52.6 Å². The van der Waals surface area contributed by atoms with Gasteiger partial charge in [0.1, 0.15) is 17.9 Å². The second-order valence-corrected chi connectivity index (χ2v) is 10.1. The lowest BCUT2D eigenvalue weighted by Gasteiger charge is -2.17. The Morgan fingerprint density at radius 3 is 2.97 bits per heavy atom. The van der Waals surface area contributed by atoms with Crippen LogP contribution in [0.2, 0.25) is 0 Å². The minimum Gasteiger partial charge on any atom is -0.492 e. The molecule has 1 saturated carbocycles. The van der Waals surface area contributed by atoms with Crippen molar-refractivity contribution in [3.8, 4) is 16.9 Å². The number of aryl methyl sites for hydroxylation is 1. The quantitative estimate of drug-likeness (QED) is 0.381. The van der Waals surface area contributed by atoms with E-state index in [0.717, 1.165) is 56.9 Å². The molecular weight excluding hydrogens is 448 g/mol. The largest absolute Gasteiger partial charge is 0.492 e. The molecule has 9 heteroatoms. The van der Waals surface area contributed by atoms with Crippen LogP contribution in [0.1, 0.15) is 6.42 Å². The van der Waals surface area contributed by atoms with Crippen LogP contribution in [0.15, 0.2) is 54.6 Å². The molecule has 170 valence electrons. The van der Waals surface area contributed by atoms with Gasteiger partial charge in [0.15, 0.2) is 0 Å². The fourth-order valence-electron chi connectivity index (χ4n) is 4.86. The van der Waals surface area contributed by atoms with Crippen molar-refractivity contribution < 1.29 is 9.47 Å². The highest BCUT2D eigenvalue weighted by molar-refractivity contribution is 7.16. The van der Waals surface area contributed by atoms with Crippen LogP contribution in [0.5, 0.6) is 5.75 Å². The maximum absolute atomic E-state index is 6.52. The summed E-state index contributed by atoms with van der Waals surface area (Å²) in [4.78, 5) is 13.6. The molecule has 1 aliphatic heterocycles. The number of nitrogens with zero attached hydrogens (tertiary/aromatic N) is 5. The molecule has 2 fully saturated rings. The molecule has 3 aromatic heterocycles. The molecule has 1 aliphatic carbocycles. The number of thiazole rings is 1. The van der Waals surface area contributed by atoms with Crippen LogP contribution in [0.25, 0.3) is 32.2 Å². The average Bonchev–Trinajstić information content (AvgIpc) is 3.26. The predicted octanol–water partition coefficient (Wildman–Crippen LogP) is 4.80. The van der Waals surface area contributed by atoms with Crippen LogP contribution < -0.4 is 10.1 Å². The van der Waals surface area contributed by atoms with E-state index in [1.807, 2.05) is 37.1 Å². The van der Waals surface area contributed by atoms with Gasteiger partial charge in [0, 0.05) is 29.9 Å². The first-order valence-electron chi connectivity index (χ1n) is 11.3. The summed E-state index contributed by atoms with van der Waals surface area (Å²) in [7, 11) is 1.92. The predicted molar refractivity (Wildman–Crippen MR) is 131 cm³/mol. The molecule has 7 rings (SSSR count). The Balaban J connectivity index is 1.32. The Kier molecular flexibility index (Phi) is 4.37. The first-order chi connectivity index (χ1) is 16.7. The number of nitrogens with one attached hydrogen (secondary N) is 1. The van der Waals surface area contributed by atoms with E-state index in [0.29, 0.717) is 18.3 Å². The van der Waals surface area contributed by atoms with Crippen LogP contribution in [-0.4, -0.2) is 44.6 Å². The zero-order valence-corrected chi connectivity index (χ0v) is 19.4. The molecule has 4 heterocycles. The highest BCUT2D eigenvalue weighted by atomic mass is 32.1. The second kappa shape index (κ2) is 7.48. The molecule has 34 heavy (non-hydrogen) atoms. The molecule has 0 bridgehead atoms. The van der Waals surface area contributed by atoms with Gasteiger partial charge in [0.2, 0.25) is 0 Å². The lowest BCUT2D eigenvalue weighted by atomic mass is 10.1. The van der Waals surface area contributed by atoms with Crippen molar-refractivity contribution in [3.05, 3.63) is 54.6 Å². The van der Waals surface area contributed by atoms with Gasteiger partial charge in [-0.05, 0) is 48.2 Å². The smallest absolute Gasteiger partial charge is 0.145 e. The summed E-state index contributed by atoms with van der Waals surface area (Å²) in [6.45, 7) is 2.24. The fraction of sp³-hybridized carbons (Fsp3) is 0.280. The molecule has 5 aromatic rings. The van der Waals surface area contributed by atoms with Gasteiger partial charge < -0.3 is 14.8 Å². The molecule has 1 N–H and O–H groups in total. The van der Waals surface area contributed by atoms with E-state index in [2.05, 4.69) is 43.6 Å². The fourth-order valence-corrected chi connectivity index (χ4v) is 5.57. The lowest BCUT2D eigenvalue weighted by molar-refractivity contribution is 0.124. The lowest BCUT2D eigenvalue weighted by Crippen LogP contribution is -2.17. The standard InChI is InChI=1S/C25H22N6O2S/c1-31-9-16(8-29-31)15-4-20-23(21(5-15)33-12-25-7-17(25)10-32-11-25)24(27-13-26-20)30-18-2-3-19-22(6-18)34-14-28-19/h2-6,8-9,13-14,17H,7,10-12H2,1H3,(H,26,27,30)/t17-,25+/m1/s1. The van der Waals surface area contributed by atoms with E-state index in [1.165, 1.54) is 6.42 Å². The number of hydrogen-bond acceptors (Lipinski definition) is 8. The zero-order chi connectivity index (χ0) is 22.7. The Morgan fingerprint density at radius 1 is 1.18 bits per heavy atom. The van der Waals surface area contributed by atoms with Crippen LogP contribution in [-0.2, 0) is 11.8 Å². The summed E-state index contributed by atoms with van der Waals surface area (Å²) in [6, 6.07) is 10.3. The van der Waals surface area contributed by atoms with E-state index >= 15 is 0 Å². The van der Waals surface area contributed by atoms with Crippen LogP contribution >= 0.6 is 11.3 Å². The summed E-state index contributed by atoms with van der Waals surface area (Å²) in [6.07, 6.45) is 6.61. The number of ether oxygens (including phenoxy) is 2. The van der Waals surface area contributed by atoms with Gasteiger partial charge in [0.25, 0.3) is 0 Å². The molecule has 0 radical (unpaired) electrons. The Labute approximate surface area is 199 Å². The molecule has 0 unspecified atom stereocenters. The highest BCUT2D eigenvalue weighted by Gasteiger charge is 2.59. The molecule has 0 amide bonds. The van der Waals surface area contributed by atoms with Gasteiger partial charge in [-0.2, -0.15) is 5.10 Å². The van der Waals surface area contributed by atoms with Crippen molar-refractivity contribution in [2.45, 2.75) is 6.42 Å². The topological polar surface area (TPSA) is 87.0 Å². The van der Waals surface area contributed by atoms with Gasteiger partial charge in [-0.15, -0.1) is 11.3 Å². The Morgan fingerprint density at radius 2 is 2.15 bits per heavy atom. The maximum Gasteiger partial charge on any atom is 0.145 e. The van der Waals surface area contributed by atoms with Crippen molar-refractivity contribution >= 4 is 44.0 Å². The molecular formula is C25H22N6O2S. The normalized spacial score (nSPS) is 21.1. The summed E-state index contributed by atoms with van der Waals surface area (Å²) in [5, 5.41) is 8.69. The second-order valence-electron chi connectivity index (χ2n) is 9.22. The summed E-state index contributed by atoms with van der Waals surface area (Å²) >= 11 is 1.62. The van der Waals surface area contributed by atoms with Crippen LogP contribution in [0, 0.1) is 11.3 Å². The first-order valence-corrected chi connectivity index (χ1v) is 12.1. The van der Waals surface area contributed by atoms with Crippen molar-refractivity contribution in [1.29, 1.82) is 0 Å². The molecule has 1 saturated heterocycles. The number of benzene rings is 2. The Bertz CT molecular complexity index is 1550. The van der Waals surface area contributed by atoms with E-state index in [1.54, 1.807) is 22.3 Å². The van der Waals surface area contributed by atoms with Crippen molar-refractivity contribution in [2.24, 2.45) is 18.4 Å². The third-order valence-corrected chi connectivity index (χ3v) is 7.71. The van der Waals surface area contributed by atoms with Gasteiger partial charge in [-0.3, -0.25) is 4.68 Å². The molecule has 2 atom stereocenters. The van der Waals surface area contributed by atoms with Gasteiger partial charge in [-0.1, -0.05) is 0 Å². The maximum atomic E-state index is 6.52. The molecule has 8 nitrogen and oxygen atoms in total. The van der Waals surface area contributed by atoms with E-state index < -0.39 is 0 Å². The van der Waals surface area contributed by atoms with Gasteiger partial charge >= 0.3 is 0 Å². The van der Waals surface area contributed by atoms with E-state index in [-0.39, 0.29) is 5.41 Å². The summed E-state index contributed by atoms with van der Waals surface area (Å²) < 4.78 is 15.1. The number of aromatic nitrogens is 5. The monoisotopic (exact) mass is 470 g/mol. The Hall–Kier alpha value is -3.56. The SMILES string of the molecule is Cn1cc(-c2cc(OC[C@]34COC[C@H]3C4)c3c(Nc4ccc5ncsc5c4)ncnc3c2)cn1. The van der Waals surface area contributed by atoms with Gasteiger partial charge in [-0.25, -0.2) is 15.0 Å². The number of fused-ring (bicyclic) bond motifs is 3. The summed E-state index contributed by atoms with van der Waals surface area (Å²) in [5.41, 5.74) is 6.80. The summed E-state index contributed by atoms with van der Waals surface area (Å²) in [5.74, 6) is 2.10. The molecule has 2 aliphatic rings. The third-order valence-electron chi connectivity index (χ3n) is 6.92. The molecule has 0 spiro atoms. The van der Waals surface area contributed by atoms with Crippen molar-refractivity contribution in [2.75, 3.05) is 25.1 Å². The minimum atomic E-state index is 0.150. The number of rotatable bonds is 6. The first kappa shape index (κ1) is 19.9. The highest BCUT2D eigenvalue weighted by Crippen LogP contribution is 2.57. The van der Waals surface area contributed by atoms with Crippen molar-refractivity contribution in [1.82, 2.24) is 24.7 Å². The minimum absolute atomic E-state index is 0.150. The third kappa shape index (κ3) is 3.31. The number of hydrogen-bond donors (Lipinski definition) is 1. The average molecular weight is 471 g/mol. The van der Waals surface area contributed by atoms with E-state index in [9.17, 15) is 0 Å².